The molecule has 0 radical (unpaired) electrons. The zero-order valence-corrected chi connectivity index (χ0v) is 20.9. The Hall–Kier alpha value is -4.03. The van der Waals surface area contributed by atoms with Crippen LogP contribution in [0.15, 0.2) is 95.5 Å². The average Bonchev–Trinajstić information content (AvgIpc) is 2.86. The predicted molar refractivity (Wildman–Crippen MR) is 146 cm³/mol. The molecule has 172 valence electrons. The van der Waals surface area contributed by atoms with E-state index in [1.165, 1.54) is 0 Å². The van der Waals surface area contributed by atoms with Gasteiger partial charge in [0.05, 0.1) is 11.2 Å². The van der Waals surface area contributed by atoms with E-state index in [-0.39, 0.29) is 5.91 Å². The zero-order chi connectivity index (χ0) is 24.4. The molecule has 0 aliphatic carbocycles. The maximum Gasteiger partial charge on any atom is 0.255 e. The third kappa shape index (κ3) is 5.08. The standard InChI is InChI=1S/C29H23BrN4O/c1-18-8-14-25(19(2)16-18)32-28(35)21-9-12-23(13-10-21)31-29-33-26-15-11-22(30)17-24(26)27(34-29)20-6-4-3-5-7-20/h3-17H,1-2H3,(H,32,35)(H,31,33,34). The fourth-order valence-electron chi connectivity index (χ4n) is 3.95. The number of nitrogens with zero attached hydrogens (tertiary/aromatic N) is 2. The Kier molecular flexibility index (Phi) is 6.29. The van der Waals surface area contributed by atoms with Crippen LogP contribution in [0, 0.1) is 13.8 Å². The van der Waals surface area contributed by atoms with Crippen molar-refractivity contribution in [2.75, 3.05) is 10.6 Å². The molecular formula is C29H23BrN4O. The molecule has 1 heterocycles. The fourth-order valence-corrected chi connectivity index (χ4v) is 4.32. The quantitative estimate of drug-likeness (QED) is 0.248. The molecule has 2 N–H and O–H groups in total. The molecular weight excluding hydrogens is 500 g/mol. The third-order valence-electron chi connectivity index (χ3n) is 5.74. The molecule has 35 heavy (non-hydrogen) atoms. The molecule has 4 aromatic carbocycles. The molecule has 0 aliphatic rings. The van der Waals surface area contributed by atoms with Crippen molar-refractivity contribution in [2.45, 2.75) is 13.8 Å². The van der Waals surface area contributed by atoms with Gasteiger partial charge in [-0.2, -0.15) is 0 Å². The number of carbonyl (C=O) groups is 1. The van der Waals surface area contributed by atoms with Crippen LogP contribution >= 0.6 is 15.9 Å². The molecule has 0 fully saturated rings. The molecule has 1 aromatic heterocycles. The summed E-state index contributed by atoms with van der Waals surface area (Å²) in [5, 5.41) is 7.24. The van der Waals surface area contributed by atoms with Gasteiger partial charge in [0.1, 0.15) is 0 Å². The van der Waals surface area contributed by atoms with Gasteiger partial charge in [0.15, 0.2) is 0 Å². The van der Waals surface area contributed by atoms with Gasteiger partial charge < -0.3 is 10.6 Å². The van der Waals surface area contributed by atoms with E-state index in [2.05, 4.69) is 32.6 Å². The van der Waals surface area contributed by atoms with Gasteiger partial charge >= 0.3 is 0 Å². The molecule has 0 bridgehead atoms. The van der Waals surface area contributed by atoms with E-state index in [0.29, 0.717) is 11.5 Å². The van der Waals surface area contributed by atoms with Gasteiger partial charge in [-0.25, -0.2) is 9.97 Å². The molecule has 0 saturated heterocycles. The molecule has 0 spiro atoms. The number of aromatic nitrogens is 2. The van der Waals surface area contributed by atoms with Crippen molar-refractivity contribution in [3.05, 3.63) is 112 Å². The van der Waals surface area contributed by atoms with Gasteiger partial charge in [-0.1, -0.05) is 64.0 Å². The Morgan fingerprint density at radius 3 is 2.34 bits per heavy atom. The number of fused-ring (bicyclic) bond motifs is 1. The van der Waals surface area contributed by atoms with Crippen LogP contribution in [-0.2, 0) is 0 Å². The van der Waals surface area contributed by atoms with E-state index in [0.717, 1.165) is 49.1 Å². The van der Waals surface area contributed by atoms with Crippen LogP contribution in [-0.4, -0.2) is 15.9 Å². The van der Waals surface area contributed by atoms with Crippen LogP contribution in [0.5, 0.6) is 0 Å². The number of halogens is 1. The molecule has 1 amide bonds. The highest BCUT2D eigenvalue weighted by molar-refractivity contribution is 9.10. The van der Waals surface area contributed by atoms with Crippen molar-refractivity contribution in [1.82, 2.24) is 9.97 Å². The van der Waals surface area contributed by atoms with Gasteiger partial charge in [-0.05, 0) is 67.9 Å². The Bertz CT molecular complexity index is 1530. The third-order valence-corrected chi connectivity index (χ3v) is 6.23. The summed E-state index contributed by atoms with van der Waals surface area (Å²) in [6.07, 6.45) is 0. The summed E-state index contributed by atoms with van der Waals surface area (Å²) in [4.78, 5) is 22.3. The number of carbonyl (C=O) groups excluding carboxylic acids is 1. The molecule has 0 atom stereocenters. The van der Waals surface area contributed by atoms with Gasteiger partial charge in [0.2, 0.25) is 5.95 Å². The second kappa shape index (κ2) is 9.68. The Balaban J connectivity index is 1.40. The van der Waals surface area contributed by atoms with Crippen LogP contribution in [0.2, 0.25) is 0 Å². The number of anilines is 3. The zero-order valence-electron chi connectivity index (χ0n) is 19.3. The summed E-state index contributed by atoms with van der Waals surface area (Å²) in [5.74, 6) is 0.341. The number of nitrogens with one attached hydrogen (secondary N) is 2. The molecule has 0 saturated carbocycles. The van der Waals surface area contributed by atoms with E-state index in [1.54, 1.807) is 12.1 Å². The molecule has 5 rings (SSSR count). The Labute approximate surface area is 212 Å². The Morgan fingerprint density at radius 2 is 1.60 bits per heavy atom. The predicted octanol–water partition coefficient (Wildman–Crippen LogP) is 7.67. The average molecular weight is 523 g/mol. The van der Waals surface area contributed by atoms with Crippen LogP contribution < -0.4 is 10.6 Å². The van der Waals surface area contributed by atoms with Gasteiger partial charge in [-0.3, -0.25) is 4.79 Å². The van der Waals surface area contributed by atoms with E-state index in [1.807, 2.05) is 86.6 Å². The first kappa shape index (κ1) is 22.7. The topological polar surface area (TPSA) is 66.9 Å². The highest BCUT2D eigenvalue weighted by Gasteiger charge is 2.12. The number of benzene rings is 4. The summed E-state index contributed by atoms with van der Waals surface area (Å²) in [7, 11) is 0. The molecule has 6 heteroatoms. The van der Waals surface area contributed by atoms with Crippen molar-refractivity contribution in [3.8, 4) is 11.3 Å². The van der Waals surface area contributed by atoms with Gasteiger partial charge in [-0.15, -0.1) is 0 Å². The van der Waals surface area contributed by atoms with Crippen LogP contribution in [0.25, 0.3) is 22.2 Å². The normalized spacial score (nSPS) is 10.8. The summed E-state index contributed by atoms with van der Waals surface area (Å²) < 4.78 is 0.973. The highest BCUT2D eigenvalue weighted by Crippen LogP contribution is 2.30. The van der Waals surface area contributed by atoms with E-state index in [4.69, 9.17) is 9.97 Å². The minimum Gasteiger partial charge on any atom is -0.324 e. The summed E-state index contributed by atoms with van der Waals surface area (Å²) in [6, 6.07) is 29.3. The van der Waals surface area contributed by atoms with Crippen molar-refractivity contribution >= 4 is 50.1 Å². The lowest BCUT2D eigenvalue weighted by Gasteiger charge is -2.12. The summed E-state index contributed by atoms with van der Waals surface area (Å²) in [5.41, 5.74) is 7.08. The number of hydrogen-bond donors (Lipinski definition) is 2. The van der Waals surface area contributed by atoms with E-state index in [9.17, 15) is 4.79 Å². The molecule has 0 aliphatic heterocycles. The maximum atomic E-state index is 12.7. The van der Waals surface area contributed by atoms with Crippen molar-refractivity contribution < 1.29 is 4.79 Å². The maximum absolute atomic E-state index is 12.7. The van der Waals surface area contributed by atoms with Crippen molar-refractivity contribution in [1.29, 1.82) is 0 Å². The first-order valence-corrected chi connectivity index (χ1v) is 12.0. The van der Waals surface area contributed by atoms with Gasteiger partial charge in [0.25, 0.3) is 5.91 Å². The van der Waals surface area contributed by atoms with Crippen LogP contribution in [0.4, 0.5) is 17.3 Å². The highest BCUT2D eigenvalue weighted by atomic mass is 79.9. The lowest BCUT2D eigenvalue weighted by Crippen LogP contribution is -2.12. The number of aryl methyl sites for hydroxylation is 2. The van der Waals surface area contributed by atoms with Crippen LogP contribution in [0.1, 0.15) is 21.5 Å². The van der Waals surface area contributed by atoms with Crippen molar-refractivity contribution in [2.24, 2.45) is 0 Å². The largest absolute Gasteiger partial charge is 0.324 e. The van der Waals surface area contributed by atoms with Crippen LogP contribution in [0.3, 0.4) is 0 Å². The van der Waals surface area contributed by atoms with E-state index >= 15 is 0 Å². The van der Waals surface area contributed by atoms with Crippen molar-refractivity contribution in [3.63, 3.8) is 0 Å². The first-order chi connectivity index (χ1) is 17.0. The monoisotopic (exact) mass is 522 g/mol. The number of hydrogen-bond acceptors (Lipinski definition) is 4. The van der Waals surface area contributed by atoms with E-state index < -0.39 is 0 Å². The fraction of sp³-hybridized carbons (Fsp3) is 0.0690. The second-order valence-electron chi connectivity index (χ2n) is 8.40. The molecule has 5 nitrogen and oxygen atoms in total. The Morgan fingerprint density at radius 1 is 0.829 bits per heavy atom. The lowest BCUT2D eigenvalue weighted by atomic mass is 10.1. The SMILES string of the molecule is Cc1ccc(NC(=O)c2ccc(Nc3nc(-c4ccccc4)c4cc(Br)ccc4n3)cc2)c(C)c1. The summed E-state index contributed by atoms with van der Waals surface area (Å²) in [6.45, 7) is 4.02. The minimum atomic E-state index is -0.151. The number of amides is 1. The smallest absolute Gasteiger partial charge is 0.255 e. The number of rotatable bonds is 5. The molecule has 5 aromatic rings. The lowest BCUT2D eigenvalue weighted by molar-refractivity contribution is 0.102. The summed E-state index contributed by atoms with van der Waals surface area (Å²) >= 11 is 3.55. The first-order valence-electron chi connectivity index (χ1n) is 11.2. The molecule has 0 unspecified atom stereocenters. The minimum absolute atomic E-state index is 0.151. The van der Waals surface area contributed by atoms with Gasteiger partial charge in [0, 0.05) is 32.4 Å². The second-order valence-corrected chi connectivity index (χ2v) is 9.31.